The maximum absolute atomic E-state index is 12.5. The van der Waals surface area contributed by atoms with Crippen LogP contribution < -0.4 is 15.4 Å². The number of para-hydroxylation sites is 4. The molecule has 0 radical (unpaired) electrons. The Bertz CT molecular complexity index is 839. The van der Waals surface area contributed by atoms with Crippen LogP contribution in [0.2, 0.25) is 0 Å². The highest BCUT2D eigenvalue weighted by atomic mass is 16.5. The van der Waals surface area contributed by atoms with Crippen LogP contribution in [0.25, 0.3) is 11.0 Å². The van der Waals surface area contributed by atoms with Crippen LogP contribution in [0, 0.1) is 5.92 Å². The molecule has 2 amide bonds. The topological polar surface area (TPSA) is 79.0 Å². The number of hydrogen-bond donors (Lipinski definition) is 3. The molecule has 1 atom stereocenters. The molecule has 2 aromatic carbocycles. The molecule has 3 rings (SSSR count). The molecule has 130 valence electrons. The van der Waals surface area contributed by atoms with Gasteiger partial charge in [0.05, 0.1) is 29.9 Å². The first kappa shape index (κ1) is 16.8. The van der Waals surface area contributed by atoms with E-state index in [1.807, 2.05) is 50.2 Å². The Morgan fingerprint density at radius 1 is 1.12 bits per heavy atom. The van der Waals surface area contributed by atoms with Gasteiger partial charge in [-0.1, -0.05) is 38.1 Å². The van der Waals surface area contributed by atoms with Crippen molar-refractivity contribution in [2.24, 2.45) is 5.92 Å². The summed E-state index contributed by atoms with van der Waals surface area (Å²) in [4.78, 5) is 20.4. The number of carbonyl (C=O) groups excluding carboxylic acids is 1. The van der Waals surface area contributed by atoms with Gasteiger partial charge in [0.1, 0.15) is 11.6 Å². The maximum atomic E-state index is 12.5. The van der Waals surface area contributed by atoms with Crippen LogP contribution in [0.15, 0.2) is 48.5 Å². The minimum atomic E-state index is -0.302. The summed E-state index contributed by atoms with van der Waals surface area (Å²) in [6.45, 7) is 4.09. The number of anilines is 1. The lowest BCUT2D eigenvalue weighted by molar-refractivity contribution is 0.243. The average molecular weight is 338 g/mol. The molecular formula is C19H22N4O2. The second-order valence-corrected chi connectivity index (χ2v) is 6.16. The van der Waals surface area contributed by atoms with E-state index in [9.17, 15) is 4.79 Å². The molecular weight excluding hydrogens is 316 g/mol. The Morgan fingerprint density at radius 2 is 1.84 bits per heavy atom. The van der Waals surface area contributed by atoms with Crippen molar-refractivity contribution in [1.29, 1.82) is 0 Å². The van der Waals surface area contributed by atoms with E-state index in [0.717, 1.165) is 16.9 Å². The van der Waals surface area contributed by atoms with Gasteiger partial charge in [-0.2, -0.15) is 0 Å². The monoisotopic (exact) mass is 338 g/mol. The first-order valence-corrected chi connectivity index (χ1v) is 8.23. The lowest BCUT2D eigenvalue weighted by atomic mass is 10.0. The second-order valence-electron chi connectivity index (χ2n) is 6.16. The van der Waals surface area contributed by atoms with E-state index < -0.39 is 0 Å². The second kappa shape index (κ2) is 7.25. The molecule has 1 heterocycles. The highest BCUT2D eigenvalue weighted by molar-refractivity contribution is 5.91. The Hall–Kier alpha value is -3.02. The third kappa shape index (κ3) is 3.74. The maximum Gasteiger partial charge on any atom is 0.319 e. The molecule has 6 heteroatoms. The third-order valence-electron chi connectivity index (χ3n) is 4.01. The lowest BCUT2D eigenvalue weighted by Crippen LogP contribution is -2.35. The van der Waals surface area contributed by atoms with Crippen molar-refractivity contribution in [3.8, 4) is 5.75 Å². The molecule has 6 nitrogen and oxygen atoms in total. The largest absolute Gasteiger partial charge is 0.495 e. The van der Waals surface area contributed by atoms with Crippen molar-refractivity contribution in [3.05, 3.63) is 54.4 Å². The van der Waals surface area contributed by atoms with E-state index in [2.05, 4.69) is 20.6 Å². The van der Waals surface area contributed by atoms with Gasteiger partial charge in [-0.25, -0.2) is 9.78 Å². The standard InChI is InChI=1S/C19H22N4O2/c1-12(2)17(18-20-13-8-4-5-9-14(13)21-18)23-19(24)22-15-10-6-7-11-16(15)25-3/h4-12,17H,1-3H3,(H,20,21)(H2,22,23,24). The number of imidazole rings is 1. The zero-order chi connectivity index (χ0) is 17.8. The summed E-state index contributed by atoms with van der Waals surface area (Å²) in [5.74, 6) is 1.53. The first-order chi connectivity index (χ1) is 12.1. The summed E-state index contributed by atoms with van der Waals surface area (Å²) in [6.07, 6.45) is 0. The zero-order valence-corrected chi connectivity index (χ0v) is 14.5. The van der Waals surface area contributed by atoms with Gasteiger partial charge in [0.2, 0.25) is 0 Å². The van der Waals surface area contributed by atoms with Gasteiger partial charge in [-0.15, -0.1) is 0 Å². The molecule has 1 aromatic heterocycles. The van der Waals surface area contributed by atoms with E-state index in [-0.39, 0.29) is 18.0 Å². The number of urea groups is 1. The van der Waals surface area contributed by atoms with Gasteiger partial charge < -0.3 is 20.4 Å². The first-order valence-electron chi connectivity index (χ1n) is 8.23. The van der Waals surface area contributed by atoms with E-state index in [1.165, 1.54) is 0 Å². The number of aromatic amines is 1. The van der Waals surface area contributed by atoms with Crippen molar-refractivity contribution in [1.82, 2.24) is 15.3 Å². The molecule has 0 saturated heterocycles. The average Bonchev–Trinajstić information content (AvgIpc) is 3.03. The van der Waals surface area contributed by atoms with Gasteiger partial charge >= 0.3 is 6.03 Å². The number of aromatic nitrogens is 2. The number of fused-ring (bicyclic) bond motifs is 1. The van der Waals surface area contributed by atoms with E-state index in [4.69, 9.17) is 4.74 Å². The SMILES string of the molecule is COc1ccccc1NC(=O)NC(c1nc2ccccc2[nH]1)C(C)C. The molecule has 0 fully saturated rings. The van der Waals surface area contributed by atoms with E-state index >= 15 is 0 Å². The summed E-state index contributed by atoms with van der Waals surface area (Å²) < 4.78 is 5.26. The summed E-state index contributed by atoms with van der Waals surface area (Å²) in [5.41, 5.74) is 2.46. The highest BCUT2D eigenvalue weighted by Crippen LogP contribution is 2.25. The van der Waals surface area contributed by atoms with Crippen molar-refractivity contribution in [2.45, 2.75) is 19.9 Å². The predicted molar refractivity (Wildman–Crippen MR) is 98.8 cm³/mol. The quantitative estimate of drug-likeness (QED) is 0.655. The number of amides is 2. The van der Waals surface area contributed by atoms with Gasteiger partial charge in [-0.05, 0) is 30.2 Å². The minimum absolute atomic E-state index is 0.170. The van der Waals surface area contributed by atoms with Crippen molar-refractivity contribution >= 4 is 22.8 Å². The smallest absolute Gasteiger partial charge is 0.319 e. The van der Waals surface area contributed by atoms with E-state index in [1.54, 1.807) is 19.2 Å². The van der Waals surface area contributed by atoms with Crippen LogP contribution in [0.1, 0.15) is 25.7 Å². The number of H-pyrrole nitrogens is 1. The lowest BCUT2D eigenvalue weighted by Gasteiger charge is -2.21. The third-order valence-corrected chi connectivity index (χ3v) is 4.01. The van der Waals surface area contributed by atoms with Crippen molar-refractivity contribution in [3.63, 3.8) is 0 Å². The number of nitrogens with zero attached hydrogens (tertiary/aromatic N) is 1. The fourth-order valence-electron chi connectivity index (χ4n) is 2.72. The van der Waals surface area contributed by atoms with Crippen molar-refractivity contribution in [2.75, 3.05) is 12.4 Å². The number of nitrogens with one attached hydrogen (secondary N) is 3. The fraction of sp³-hybridized carbons (Fsp3) is 0.263. The fourth-order valence-corrected chi connectivity index (χ4v) is 2.72. The predicted octanol–water partition coefficient (Wildman–Crippen LogP) is 4.09. The number of hydrogen-bond acceptors (Lipinski definition) is 3. The van der Waals surface area contributed by atoms with Crippen LogP contribution in [0.5, 0.6) is 5.75 Å². The molecule has 0 aliphatic rings. The van der Waals surface area contributed by atoms with Gasteiger partial charge in [0.15, 0.2) is 0 Å². The van der Waals surface area contributed by atoms with Crippen LogP contribution >= 0.6 is 0 Å². The molecule has 25 heavy (non-hydrogen) atoms. The highest BCUT2D eigenvalue weighted by Gasteiger charge is 2.22. The summed E-state index contributed by atoms with van der Waals surface area (Å²) in [5, 5.41) is 5.83. The van der Waals surface area contributed by atoms with Crippen molar-refractivity contribution < 1.29 is 9.53 Å². The molecule has 3 aromatic rings. The van der Waals surface area contributed by atoms with E-state index in [0.29, 0.717) is 11.4 Å². The molecule has 0 saturated carbocycles. The summed E-state index contributed by atoms with van der Waals surface area (Å²) >= 11 is 0. The van der Waals surface area contributed by atoms with Crippen LogP contribution in [0.3, 0.4) is 0 Å². The van der Waals surface area contributed by atoms with Crippen LogP contribution in [-0.2, 0) is 0 Å². The molecule has 0 spiro atoms. The molecule has 0 aliphatic carbocycles. The summed E-state index contributed by atoms with van der Waals surface area (Å²) in [6, 6.07) is 14.6. The van der Waals surface area contributed by atoms with Gasteiger partial charge in [0.25, 0.3) is 0 Å². The number of benzene rings is 2. The molecule has 0 bridgehead atoms. The number of methoxy groups -OCH3 is 1. The molecule has 1 unspecified atom stereocenters. The number of rotatable bonds is 5. The normalized spacial score (nSPS) is 12.2. The van der Waals surface area contributed by atoms with Gasteiger partial charge in [0, 0.05) is 0 Å². The molecule has 3 N–H and O–H groups in total. The Labute approximate surface area is 146 Å². The number of ether oxygens (including phenoxy) is 1. The van der Waals surface area contributed by atoms with Gasteiger partial charge in [-0.3, -0.25) is 0 Å². The Kier molecular flexibility index (Phi) is 4.88. The molecule has 0 aliphatic heterocycles. The summed E-state index contributed by atoms with van der Waals surface area (Å²) in [7, 11) is 1.57. The van der Waals surface area contributed by atoms with Crippen LogP contribution in [0.4, 0.5) is 10.5 Å². The minimum Gasteiger partial charge on any atom is -0.495 e. The van der Waals surface area contributed by atoms with Crippen LogP contribution in [-0.4, -0.2) is 23.1 Å². The Balaban J connectivity index is 1.78. The zero-order valence-electron chi connectivity index (χ0n) is 14.5. The Morgan fingerprint density at radius 3 is 2.56 bits per heavy atom. The number of carbonyl (C=O) groups is 1.